The van der Waals surface area contributed by atoms with Gasteiger partial charge in [-0.1, -0.05) is 31.9 Å². The van der Waals surface area contributed by atoms with E-state index in [1.165, 1.54) is 18.2 Å². The summed E-state index contributed by atoms with van der Waals surface area (Å²) in [6.45, 7) is 0. The van der Waals surface area contributed by atoms with Crippen LogP contribution < -0.4 is 0 Å². The molecule has 0 aliphatic rings. The van der Waals surface area contributed by atoms with Crippen molar-refractivity contribution in [1.29, 1.82) is 0 Å². The van der Waals surface area contributed by atoms with E-state index in [9.17, 15) is 18.0 Å². The van der Waals surface area contributed by atoms with Crippen molar-refractivity contribution in [2.75, 3.05) is 0 Å². The lowest BCUT2D eigenvalue weighted by Gasteiger charge is -2.06. The Hall–Kier alpha value is -1.14. The molecular formula is C14H7Br2F3O. The van der Waals surface area contributed by atoms with Gasteiger partial charge in [0, 0.05) is 15.4 Å². The van der Waals surface area contributed by atoms with E-state index < -0.39 is 35.2 Å². The molecule has 0 amide bonds. The van der Waals surface area contributed by atoms with Gasteiger partial charge in [-0.25, -0.2) is 13.2 Å². The molecule has 0 saturated carbocycles. The van der Waals surface area contributed by atoms with Crippen molar-refractivity contribution < 1.29 is 18.0 Å². The van der Waals surface area contributed by atoms with Gasteiger partial charge in [0.1, 0.15) is 17.5 Å². The number of carbonyl (C=O) groups excluding carboxylic acids is 1. The average molecular weight is 408 g/mol. The van der Waals surface area contributed by atoms with Crippen LogP contribution in [-0.2, 0) is 6.42 Å². The summed E-state index contributed by atoms with van der Waals surface area (Å²) in [5, 5.41) is 0. The van der Waals surface area contributed by atoms with Gasteiger partial charge in [-0.05, 0) is 35.9 Å². The molecule has 0 unspecified atom stereocenters. The van der Waals surface area contributed by atoms with Crippen LogP contribution in [0.4, 0.5) is 13.2 Å². The Kier molecular flexibility index (Phi) is 4.65. The summed E-state index contributed by atoms with van der Waals surface area (Å²) < 4.78 is 41.6. The van der Waals surface area contributed by atoms with E-state index >= 15 is 0 Å². The second kappa shape index (κ2) is 6.10. The van der Waals surface area contributed by atoms with Crippen LogP contribution in [0.25, 0.3) is 0 Å². The Bertz CT molecular complexity index is 663. The molecule has 0 saturated heterocycles. The van der Waals surface area contributed by atoms with Gasteiger partial charge >= 0.3 is 0 Å². The highest BCUT2D eigenvalue weighted by atomic mass is 79.9. The zero-order valence-electron chi connectivity index (χ0n) is 9.89. The number of rotatable bonds is 3. The standard InChI is InChI=1S/C14H7Br2F3O/c15-8-1-2-10(17)7(3-8)4-13(20)14-11(18)5-9(16)6-12(14)19/h1-3,5-6H,4H2. The van der Waals surface area contributed by atoms with Crippen molar-refractivity contribution in [3.8, 4) is 0 Å². The normalized spacial score (nSPS) is 10.7. The van der Waals surface area contributed by atoms with Crippen LogP contribution in [0.15, 0.2) is 39.3 Å². The molecule has 20 heavy (non-hydrogen) atoms. The van der Waals surface area contributed by atoms with E-state index in [2.05, 4.69) is 31.9 Å². The minimum absolute atomic E-state index is 0.0751. The summed E-state index contributed by atoms with van der Waals surface area (Å²) in [6, 6.07) is 6.05. The second-order valence-electron chi connectivity index (χ2n) is 4.08. The number of hydrogen-bond donors (Lipinski definition) is 0. The van der Waals surface area contributed by atoms with E-state index in [-0.39, 0.29) is 10.0 Å². The summed E-state index contributed by atoms with van der Waals surface area (Å²) in [4.78, 5) is 12.0. The van der Waals surface area contributed by atoms with Crippen LogP contribution in [0, 0.1) is 17.5 Å². The molecule has 0 radical (unpaired) electrons. The maximum absolute atomic E-state index is 13.7. The summed E-state index contributed by atoms with van der Waals surface area (Å²) in [5.41, 5.74) is -0.585. The fourth-order valence-corrected chi connectivity index (χ4v) is 2.56. The average Bonchev–Trinajstić information content (AvgIpc) is 2.32. The molecule has 0 bridgehead atoms. The Morgan fingerprint density at radius 3 is 2.10 bits per heavy atom. The van der Waals surface area contributed by atoms with Crippen LogP contribution in [0.2, 0.25) is 0 Å². The van der Waals surface area contributed by atoms with E-state index in [4.69, 9.17) is 0 Å². The van der Waals surface area contributed by atoms with Crippen molar-refractivity contribution in [1.82, 2.24) is 0 Å². The van der Waals surface area contributed by atoms with Gasteiger partial charge in [0.05, 0.1) is 5.56 Å². The lowest BCUT2D eigenvalue weighted by molar-refractivity contribution is 0.0983. The Labute approximate surface area is 130 Å². The van der Waals surface area contributed by atoms with Crippen LogP contribution in [-0.4, -0.2) is 5.78 Å². The first kappa shape index (κ1) is 15.3. The zero-order chi connectivity index (χ0) is 14.9. The Balaban J connectivity index is 2.36. The number of Topliss-reactive ketones (excluding diaryl/α,β-unsaturated/α-hetero) is 1. The molecular weight excluding hydrogens is 401 g/mol. The molecule has 1 nitrogen and oxygen atoms in total. The quantitative estimate of drug-likeness (QED) is 0.650. The summed E-state index contributed by atoms with van der Waals surface area (Å²) in [5.74, 6) is -3.36. The minimum atomic E-state index is -0.975. The van der Waals surface area contributed by atoms with E-state index in [1.54, 1.807) is 0 Å². The van der Waals surface area contributed by atoms with Gasteiger partial charge in [0.25, 0.3) is 0 Å². The number of halogens is 5. The predicted molar refractivity (Wildman–Crippen MR) is 76.2 cm³/mol. The SMILES string of the molecule is O=C(Cc1cc(Br)ccc1F)c1c(F)cc(Br)cc1F. The Morgan fingerprint density at radius 2 is 1.50 bits per heavy atom. The summed E-state index contributed by atoms with van der Waals surface area (Å²) >= 11 is 6.08. The number of benzene rings is 2. The Morgan fingerprint density at radius 1 is 0.900 bits per heavy atom. The smallest absolute Gasteiger partial charge is 0.173 e. The third kappa shape index (κ3) is 3.30. The van der Waals surface area contributed by atoms with Gasteiger partial charge in [0.15, 0.2) is 5.78 Å². The van der Waals surface area contributed by atoms with Gasteiger partial charge in [-0.3, -0.25) is 4.79 Å². The van der Waals surface area contributed by atoms with Crippen molar-refractivity contribution in [2.45, 2.75) is 6.42 Å². The van der Waals surface area contributed by atoms with E-state index in [0.29, 0.717) is 4.47 Å². The predicted octanol–water partition coefficient (Wildman–Crippen LogP) is 5.05. The molecule has 104 valence electrons. The molecule has 2 aromatic rings. The van der Waals surface area contributed by atoms with Crippen LogP contribution in [0.1, 0.15) is 15.9 Å². The van der Waals surface area contributed by atoms with Crippen LogP contribution in [0.3, 0.4) is 0 Å². The molecule has 0 heterocycles. The largest absolute Gasteiger partial charge is 0.294 e. The van der Waals surface area contributed by atoms with Gasteiger partial charge < -0.3 is 0 Å². The minimum Gasteiger partial charge on any atom is -0.294 e. The molecule has 0 aliphatic carbocycles. The molecule has 2 rings (SSSR count). The lowest BCUT2D eigenvalue weighted by Crippen LogP contribution is -2.10. The van der Waals surface area contributed by atoms with Gasteiger partial charge in [0.2, 0.25) is 0 Å². The molecule has 0 N–H and O–H groups in total. The molecule has 0 atom stereocenters. The van der Waals surface area contributed by atoms with Crippen molar-refractivity contribution >= 4 is 37.6 Å². The van der Waals surface area contributed by atoms with Gasteiger partial charge in [-0.15, -0.1) is 0 Å². The first-order chi connectivity index (χ1) is 9.38. The zero-order valence-corrected chi connectivity index (χ0v) is 13.1. The van der Waals surface area contributed by atoms with Gasteiger partial charge in [-0.2, -0.15) is 0 Å². The molecule has 0 spiro atoms. The third-order valence-electron chi connectivity index (χ3n) is 2.64. The fourth-order valence-electron chi connectivity index (χ4n) is 1.75. The molecule has 2 aromatic carbocycles. The fraction of sp³-hybridized carbons (Fsp3) is 0.0714. The van der Waals surface area contributed by atoms with E-state index in [1.807, 2.05) is 0 Å². The topological polar surface area (TPSA) is 17.1 Å². The van der Waals surface area contributed by atoms with E-state index in [0.717, 1.165) is 12.1 Å². The van der Waals surface area contributed by atoms with Crippen LogP contribution >= 0.6 is 31.9 Å². The molecule has 0 fully saturated rings. The van der Waals surface area contributed by atoms with Crippen molar-refractivity contribution in [3.63, 3.8) is 0 Å². The van der Waals surface area contributed by atoms with Crippen LogP contribution in [0.5, 0.6) is 0 Å². The first-order valence-electron chi connectivity index (χ1n) is 5.50. The second-order valence-corrected chi connectivity index (χ2v) is 5.91. The molecule has 0 aromatic heterocycles. The monoisotopic (exact) mass is 406 g/mol. The molecule has 6 heteroatoms. The number of carbonyl (C=O) groups is 1. The maximum Gasteiger partial charge on any atom is 0.173 e. The van der Waals surface area contributed by atoms with Crippen molar-refractivity contribution in [2.24, 2.45) is 0 Å². The summed E-state index contributed by atoms with van der Waals surface area (Å²) in [6.07, 6.45) is -0.416. The molecule has 0 aliphatic heterocycles. The maximum atomic E-state index is 13.7. The van der Waals surface area contributed by atoms with Crippen molar-refractivity contribution in [3.05, 3.63) is 67.9 Å². The highest BCUT2D eigenvalue weighted by Crippen LogP contribution is 2.22. The number of ketones is 1. The highest BCUT2D eigenvalue weighted by molar-refractivity contribution is 9.10. The highest BCUT2D eigenvalue weighted by Gasteiger charge is 2.20. The first-order valence-corrected chi connectivity index (χ1v) is 7.08. The lowest BCUT2D eigenvalue weighted by atomic mass is 10.0. The summed E-state index contributed by atoms with van der Waals surface area (Å²) in [7, 11) is 0. The number of hydrogen-bond acceptors (Lipinski definition) is 1. The third-order valence-corrected chi connectivity index (χ3v) is 3.60.